The van der Waals surface area contributed by atoms with E-state index in [9.17, 15) is 9.59 Å². The van der Waals surface area contributed by atoms with E-state index in [4.69, 9.17) is 9.47 Å². The van der Waals surface area contributed by atoms with E-state index in [2.05, 4.69) is 15.6 Å². The van der Waals surface area contributed by atoms with Crippen molar-refractivity contribution in [2.24, 2.45) is 0 Å². The van der Waals surface area contributed by atoms with Crippen molar-refractivity contribution in [3.8, 4) is 11.5 Å². The number of benzene rings is 3. The number of rotatable bonds is 7. The van der Waals surface area contributed by atoms with Crippen LogP contribution in [0.15, 0.2) is 90.6 Å². The van der Waals surface area contributed by atoms with Gasteiger partial charge in [0.2, 0.25) is 0 Å². The summed E-state index contributed by atoms with van der Waals surface area (Å²) in [5.74, 6) is -0.194. The molecular weight excluding hydrogens is 430 g/mol. The number of amides is 2. The van der Waals surface area contributed by atoms with E-state index in [1.165, 1.54) is 14.2 Å². The van der Waals surface area contributed by atoms with Crippen molar-refractivity contribution >= 4 is 40.2 Å². The summed E-state index contributed by atoms with van der Waals surface area (Å²) in [6.07, 6.45) is 3.26. The molecule has 2 N–H and O–H groups in total. The Morgan fingerprint density at radius 3 is 1.94 bits per heavy atom. The Bertz CT molecular complexity index is 1320. The summed E-state index contributed by atoms with van der Waals surface area (Å²) < 4.78 is 10.6. The van der Waals surface area contributed by atoms with Gasteiger partial charge in [-0.15, -0.1) is 0 Å². The highest BCUT2D eigenvalue weighted by Gasteiger charge is 2.21. The zero-order valence-corrected chi connectivity index (χ0v) is 18.7. The van der Waals surface area contributed by atoms with Gasteiger partial charge in [-0.3, -0.25) is 14.6 Å². The Balaban J connectivity index is 1.72. The number of anilines is 2. The van der Waals surface area contributed by atoms with Crippen LogP contribution in [-0.2, 0) is 9.59 Å². The van der Waals surface area contributed by atoms with Crippen LogP contribution in [0.3, 0.4) is 0 Å². The Morgan fingerprint density at radius 1 is 0.765 bits per heavy atom. The number of para-hydroxylation sites is 4. The van der Waals surface area contributed by atoms with Crippen LogP contribution in [-0.4, -0.2) is 31.0 Å². The minimum atomic E-state index is -0.580. The second kappa shape index (κ2) is 10.3. The zero-order valence-electron chi connectivity index (χ0n) is 18.7. The number of carbonyl (C=O) groups is 2. The molecule has 0 atom stereocenters. The molecule has 7 heteroatoms. The second-order valence-corrected chi connectivity index (χ2v) is 7.32. The fraction of sp³-hybridized carbons (Fsp3) is 0.0741. The number of nitrogens with one attached hydrogen (secondary N) is 2. The molecule has 4 aromatic rings. The predicted octanol–water partition coefficient (Wildman–Crippen LogP) is 4.91. The zero-order chi connectivity index (χ0) is 23.9. The number of nitrogens with zero attached hydrogens (tertiary/aromatic N) is 1. The lowest BCUT2D eigenvalue weighted by atomic mass is 10.1. The average molecular weight is 453 g/mol. The molecule has 0 unspecified atom stereocenters. The van der Waals surface area contributed by atoms with Crippen LogP contribution in [0, 0.1) is 0 Å². The summed E-state index contributed by atoms with van der Waals surface area (Å²) in [5.41, 5.74) is 2.32. The molecule has 0 bridgehead atoms. The minimum absolute atomic E-state index is 0.0833. The van der Waals surface area contributed by atoms with Gasteiger partial charge in [0.1, 0.15) is 17.1 Å². The second-order valence-electron chi connectivity index (χ2n) is 7.32. The van der Waals surface area contributed by atoms with Crippen LogP contribution in [0.1, 0.15) is 5.56 Å². The lowest BCUT2D eigenvalue weighted by Crippen LogP contribution is -2.25. The van der Waals surface area contributed by atoms with Gasteiger partial charge in [-0.2, -0.15) is 0 Å². The smallest absolute Gasteiger partial charge is 0.261 e. The summed E-state index contributed by atoms with van der Waals surface area (Å²) in [6, 6.07) is 23.3. The van der Waals surface area contributed by atoms with E-state index in [0.29, 0.717) is 28.4 Å². The summed E-state index contributed by atoms with van der Waals surface area (Å²) in [7, 11) is 3.03. The Morgan fingerprint density at radius 2 is 1.35 bits per heavy atom. The van der Waals surface area contributed by atoms with Gasteiger partial charge in [-0.05, 0) is 54.1 Å². The molecular formula is C27H23N3O4. The van der Waals surface area contributed by atoms with E-state index in [0.717, 1.165) is 10.9 Å². The number of carbonyl (C=O) groups excluding carboxylic acids is 2. The maximum atomic E-state index is 13.3. The van der Waals surface area contributed by atoms with Gasteiger partial charge in [-0.25, -0.2) is 0 Å². The molecule has 1 heterocycles. The third-order valence-corrected chi connectivity index (χ3v) is 5.14. The third kappa shape index (κ3) is 5.05. The number of ether oxygens (including phenoxy) is 2. The van der Waals surface area contributed by atoms with Gasteiger partial charge in [0.05, 0.1) is 31.1 Å². The molecule has 0 fully saturated rings. The van der Waals surface area contributed by atoms with E-state index >= 15 is 0 Å². The summed E-state index contributed by atoms with van der Waals surface area (Å²) in [5, 5.41) is 6.45. The molecule has 0 aliphatic heterocycles. The summed E-state index contributed by atoms with van der Waals surface area (Å²) >= 11 is 0. The number of aromatic nitrogens is 1. The van der Waals surface area contributed by atoms with Crippen molar-refractivity contribution in [3.63, 3.8) is 0 Å². The molecule has 0 spiro atoms. The first-order valence-corrected chi connectivity index (χ1v) is 10.5. The van der Waals surface area contributed by atoms with Crippen molar-refractivity contribution in [2.45, 2.75) is 0 Å². The number of hydrogen-bond acceptors (Lipinski definition) is 5. The Hall–Kier alpha value is -4.65. The van der Waals surface area contributed by atoms with E-state index in [1.54, 1.807) is 60.8 Å². The quantitative estimate of drug-likeness (QED) is 0.236. The number of fused-ring (bicyclic) bond motifs is 1. The molecule has 0 saturated carbocycles. The fourth-order valence-corrected chi connectivity index (χ4v) is 3.46. The molecule has 2 amide bonds. The molecule has 34 heavy (non-hydrogen) atoms. The number of hydrogen-bond donors (Lipinski definition) is 2. The molecule has 0 aliphatic rings. The number of methoxy groups -OCH3 is 2. The molecule has 3 aromatic carbocycles. The monoisotopic (exact) mass is 453 g/mol. The Labute approximate surface area is 197 Å². The van der Waals surface area contributed by atoms with Gasteiger partial charge >= 0.3 is 0 Å². The molecule has 0 saturated heterocycles. The normalized spacial score (nSPS) is 10.3. The van der Waals surface area contributed by atoms with Gasteiger partial charge in [0, 0.05) is 11.6 Å². The van der Waals surface area contributed by atoms with Crippen molar-refractivity contribution < 1.29 is 19.1 Å². The van der Waals surface area contributed by atoms with E-state index in [1.807, 2.05) is 30.3 Å². The first kappa shape index (κ1) is 22.5. The first-order chi connectivity index (χ1) is 16.6. The summed E-state index contributed by atoms with van der Waals surface area (Å²) in [4.78, 5) is 30.9. The van der Waals surface area contributed by atoms with Crippen molar-refractivity contribution in [2.75, 3.05) is 24.9 Å². The standard InChI is InChI=1S/C27H23N3O4/c1-33-24-11-5-3-9-22(24)29-26(31)20(27(32)30-23-10-4-6-12-25(23)34-2)17-18-13-14-21-19(16-18)8-7-15-28-21/h3-17H,1-2H3,(H,29,31)(H,30,32). The topological polar surface area (TPSA) is 89.5 Å². The lowest BCUT2D eigenvalue weighted by molar-refractivity contribution is -0.118. The van der Waals surface area contributed by atoms with Gasteiger partial charge in [-0.1, -0.05) is 36.4 Å². The average Bonchev–Trinajstić information content (AvgIpc) is 2.87. The molecule has 0 radical (unpaired) electrons. The van der Waals surface area contributed by atoms with Crippen LogP contribution >= 0.6 is 0 Å². The van der Waals surface area contributed by atoms with Crippen molar-refractivity contribution in [1.29, 1.82) is 0 Å². The highest BCUT2D eigenvalue weighted by Crippen LogP contribution is 2.26. The fourth-order valence-electron chi connectivity index (χ4n) is 3.46. The Kier molecular flexibility index (Phi) is 6.84. The van der Waals surface area contributed by atoms with Crippen LogP contribution in [0.4, 0.5) is 11.4 Å². The third-order valence-electron chi connectivity index (χ3n) is 5.14. The highest BCUT2D eigenvalue weighted by molar-refractivity contribution is 6.29. The van der Waals surface area contributed by atoms with Gasteiger partial charge in [0.15, 0.2) is 0 Å². The van der Waals surface area contributed by atoms with Crippen molar-refractivity contribution in [1.82, 2.24) is 4.98 Å². The molecule has 170 valence electrons. The maximum absolute atomic E-state index is 13.3. The number of pyridine rings is 1. The molecule has 7 nitrogen and oxygen atoms in total. The molecule has 4 rings (SSSR count). The molecule has 1 aromatic heterocycles. The van der Waals surface area contributed by atoms with E-state index < -0.39 is 11.8 Å². The molecule has 0 aliphatic carbocycles. The minimum Gasteiger partial charge on any atom is -0.495 e. The van der Waals surface area contributed by atoms with Crippen LogP contribution < -0.4 is 20.1 Å². The van der Waals surface area contributed by atoms with E-state index in [-0.39, 0.29) is 5.57 Å². The lowest BCUT2D eigenvalue weighted by Gasteiger charge is -2.14. The van der Waals surface area contributed by atoms with Gasteiger partial charge in [0.25, 0.3) is 11.8 Å². The maximum Gasteiger partial charge on any atom is 0.261 e. The first-order valence-electron chi connectivity index (χ1n) is 10.5. The van der Waals surface area contributed by atoms with Crippen molar-refractivity contribution in [3.05, 3.63) is 96.2 Å². The largest absolute Gasteiger partial charge is 0.495 e. The van der Waals surface area contributed by atoms with Crippen LogP contribution in [0.2, 0.25) is 0 Å². The highest BCUT2D eigenvalue weighted by atomic mass is 16.5. The van der Waals surface area contributed by atoms with Crippen LogP contribution in [0.25, 0.3) is 17.0 Å². The predicted molar refractivity (Wildman–Crippen MR) is 133 cm³/mol. The summed E-state index contributed by atoms with van der Waals surface area (Å²) in [6.45, 7) is 0. The SMILES string of the molecule is COc1ccccc1NC(=O)C(=Cc1ccc2ncccc2c1)C(=O)Nc1ccccc1OC. The van der Waals surface area contributed by atoms with Crippen LogP contribution in [0.5, 0.6) is 11.5 Å². The van der Waals surface area contributed by atoms with Gasteiger partial charge < -0.3 is 20.1 Å².